The number of fused-ring (bicyclic) bond motifs is 1. The molecule has 0 aromatic heterocycles. The van der Waals surface area contributed by atoms with Crippen LogP contribution in [0.25, 0.3) is 10.8 Å². The molecule has 0 heterocycles. The van der Waals surface area contributed by atoms with E-state index in [1.54, 1.807) is 36.4 Å². The van der Waals surface area contributed by atoms with Crippen LogP contribution in [0.1, 0.15) is 6.92 Å². The Morgan fingerprint density at radius 2 is 1.65 bits per heavy atom. The maximum atomic E-state index is 12.5. The summed E-state index contributed by atoms with van der Waals surface area (Å²) >= 11 is 0. The van der Waals surface area contributed by atoms with Crippen LogP contribution in [0, 0.1) is 0 Å². The zero-order chi connectivity index (χ0) is 18.6. The van der Waals surface area contributed by atoms with E-state index in [2.05, 4.69) is 5.32 Å². The smallest absolute Gasteiger partial charge is 0.239 e. The molecular formula is C20H19NO4S. The van der Waals surface area contributed by atoms with Gasteiger partial charge < -0.3 is 10.1 Å². The molecule has 134 valence electrons. The van der Waals surface area contributed by atoms with Crippen LogP contribution in [0.15, 0.2) is 71.6 Å². The predicted molar refractivity (Wildman–Crippen MR) is 102 cm³/mol. The van der Waals surface area contributed by atoms with Crippen LogP contribution < -0.4 is 10.1 Å². The highest BCUT2D eigenvalue weighted by Gasteiger charge is 2.19. The highest BCUT2D eigenvalue weighted by molar-refractivity contribution is 7.92. The topological polar surface area (TPSA) is 72.5 Å². The molecule has 3 aromatic rings. The lowest BCUT2D eigenvalue weighted by atomic mass is 10.1. The van der Waals surface area contributed by atoms with Crippen LogP contribution in [0.5, 0.6) is 5.75 Å². The van der Waals surface area contributed by atoms with Crippen molar-refractivity contribution in [3.63, 3.8) is 0 Å². The van der Waals surface area contributed by atoms with E-state index in [-0.39, 0.29) is 4.90 Å². The molecule has 0 aliphatic carbocycles. The second kappa shape index (κ2) is 7.58. The summed E-state index contributed by atoms with van der Waals surface area (Å²) < 4.78 is 30.4. The molecule has 0 fully saturated rings. The SMILES string of the molecule is CCOc1ccc(NC(=O)CS(=O)(=O)c2ccc3ccccc3c2)cc1. The van der Waals surface area contributed by atoms with Gasteiger partial charge in [-0.05, 0) is 54.1 Å². The average Bonchev–Trinajstić information content (AvgIpc) is 2.62. The Labute approximate surface area is 152 Å². The largest absolute Gasteiger partial charge is 0.494 e. The van der Waals surface area contributed by atoms with E-state index in [1.165, 1.54) is 6.07 Å². The van der Waals surface area contributed by atoms with Crippen molar-refractivity contribution in [1.29, 1.82) is 0 Å². The van der Waals surface area contributed by atoms with E-state index in [0.717, 1.165) is 10.8 Å². The molecule has 3 rings (SSSR count). The Kier molecular flexibility index (Phi) is 5.23. The molecule has 26 heavy (non-hydrogen) atoms. The fourth-order valence-corrected chi connectivity index (χ4v) is 3.78. The lowest BCUT2D eigenvalue weighted by molar-refractivity contribution is -0.113. The zero-order valence-electron chi connectivity index (χ0n) is 14.3. The number of ether oxygens (including phenoxy) is 1. The van der Waals surface area contributed by atoms with Gasteiger partial charge in [0.1, 0.15) is 11.5 Å². The summed E-state index contributed by atoms with van der Waals surface area (Å²) in [6.45, 7) is 2.43. The van der Waals surface area contributed by atoms with E-state index in [9.17, 15) is 13.2 Å². The van der Waals surface area contributed by atoms with E-state index in [0.29, 0.717) is 18.0 Å². The van der Waals surface area contributed by atoms with E-state index >= 15 is 0 Å². The maximum Gasteiger partial charge on any atom is 0.239 e. The van der Waals surface area contributed by atoms with Gasteiger partial charge in [-0.25, -0.2) is 8.42 Å². The molecule has 0 saturated heterocycles. The molecule has 0 bridgehead atoms. The number of hydrogen-bond acceptors (Lipinski definition) is 4. The summed E-state index contributed by atoms with van der Waals surface area (Å²) in [4.78, 5) is 12.3. The molecule has 5 nitrogen and oxygen atoms in total. The van der Waals surface area contributed by atoms with Crippen molar-refractivity contribution in [2.24, 2.45) is 0 Å². The van der Waals surface area contributed by atoms with Gasteiger partial charge in [0.15, 0.2) is 9.84 Å². The van der Waals surface area contributed by atoms with Gasteiger partial charge in [-0.1, -0.05) is 30.3 Å². The zero-order valence-corrected chi connectivity index (χ0v) is 15.1. The first kappa shape index (κ1) is 17.9. The summed E-state index contributed by atoms with van der Waals surface area (Å²) in [6, 6.07) is 19.1. The molecule has 3 aromatic carbocycles. The lowest BCUT2D eigenvalue weighted by Crippen LogP contribution is -2.23. The molecule has 0 radical (unpaired) electrons. The third kappa shape index (κ3) is 4.21. The van der Waals surface area contributed by atoms with Crippen molar-refractivity contribution in [3.05, 3.63) is 66.7 Å². The lowest BCUT2D eigenvalue weighted by Gasteiger charge is -2.08. The minimum Gasteiger partial charge on any atom is -0.494 e. The standard InChI is InChI=1S/C20H19NO4S/c1-2-25-18-10-8-17(9-11-18)21-20(22)14-26(23,24)19-12-7-15-5-3-4-6-16(15)13-19/h3-13H,2,14H2,1H3,(H,21,22). The summed E-state index contributed by atoms with van der Waals surface area (Å²) in [6.07, 6.45) is 0. The second-order valence-corrected chi connectivity index (χ2v) is 7.76. The van der Waals surface area contributed by atoms with Crippen LogP contribution in [0.3, 0.4) is 0 Å². The number of anilines is 1. The van der Waals surface area contributed by atoms with Gasteiger partial charge in [-0.15, -0.1) is 0 Å². The number of nitrogens with one attached hydrogen (secondary N) is 1. The third-order valence-corrected chi connectivity index (χ3v) is 5.46. The van der Waals surface area contributed by atoms with Crippen molar-refractivity contribution in [2.45, 2.75) is 11.8 Å². The maximum absolute atomic E-state index is 12.5. The number of carbonyl (C=O) groups is 1. The first-order valence-electron chi connectivity index (χ1n) is 8.22. The third-order valence-electron chi connectivity index (χ3n) is 3.85. The minimum absolute atomic E-state index is 0.137. The molecule has 0 atom stereocenters. The normalized spacial score (nSPS) is 11.3. The van der Waals surface area contributed by atoms with Gasteiger partial charge in [-0.2, -0.15) is 0 Å². The monoisotopic (exact) mass is 369 g/mol. The first-order chi connectivity index (χ1) is 12.5. The van der Waals surface area contributed by atoms with Crippen LogP contribution in [-0.4, -0.2) is 26.7 Å². The number of hydrogen-bond donors (Lipinski definition) is 1. The number of rotatable bonds is 6. The summed E-state index contributed by atoms with van der Waals surface area (Å²) in [5, 5.41) is 4.37. The Morgan fingerprint density at radius 1 is 0.962 bits per heavy atom. The van der Waals surface area contributed by atoms with Crippen molar-refractivity contribution in [1.82, 2.24) is 0 Å². The second-order valence-electron chi connectivity index (χ2n) is 5.77. The fourth-order valence-electron chi connectivity index (χ4n) is 2.62. The Morgan fingerprint density at radius 3 is 2.35 bits per heavy atom. The van der Waals surface area contributed by atoms with Crippen molar-refractivity contribution in [2.75, 3.05) is 17.7 Å². The Balaban J connectivity index is 1.72. The predicted octanol–water partition coefficient (Wildman–Crippen LogP) is 3.65. The molecule has 0 aliphatic heterocycles. The van der Waals surface area contributed by atoms with Crippen LogP contribution in [0.4, 0.5) is 5.69 Å². The van der Waals surface area contributed by atoms with E-state index in [4.69, 9.17) is 4.74 Å². The van der Waals surface area contributed by atoms with Gasteiger partial charge in [0.05, 0.1) is 11.5 Å². The quantitative estimate of drug-likeness (QED) is 0.720. The van der Waals surface area contributed by atoms with Gasteiger partial charge in [0.25, 0.3) is 0 Å². The Bertz CT molecular complexity index is 1030. The molecule has 1 amide bonds. The summed E-state index contributed by atoms with van der Waals surface area (Å²) in [7, 11) is -3.72. The molecule has 0 aliphatic rings. The van der Waals surface area contributed by atoms with Gasteiger partial charge in [0, 0.05) is 5.69 Å². The molecular weight excluding hydrogens is 350 g/mol. The molecule has 0 saturated carbocycles. The van der Waals surface area contributed by atoms with Gasteiger partial charge in [0.2, 0.25) is 5.91 Å². The van der Waals surface area contributed by atoms with Gasteiger partial charge in [-0.3, -0.25) is 4.79 Å². The van der Waals surface area contributed by atoms with Crippen LogP contribution >= 0.6 is 0 Å². The number of benzene rings is 3. The van der Waals surface area contributed by atoms with Crippen LogP contribution in [-0.2, 0) is 14.6 Å². The van der Waals surface area contributed by atoms with Gasteiger partial charge >= 0.3 is 0 Å². The summed E-state index contributed by atoms with van der Waals surface area (Å²) in [5.74, 6) is -0.505. The minimum atomic E-state index is -3.72. The van der Waals surface area contributed by atoms with E-state index in [1.807, 2.05) is 31.2 Å². The number of carbonyl (C=O) groups excluding carboxylic acids is 1. The van der Waals surface area contributed by atoms with Crippen molar-refractivity contribution < 1.29 is 17.9 Å². The fraction of sp³-hybridized carbons (Fsp3) is 0.150. The summed E-state index contributed by atoms with van der Waals surface area (Å²) in [5.41, 5.74) is 0.521. The van der Waals surface area contributed by atoms with Crippen molar-refractivity contribution in [3.8, 4) is 5.75 Å². The van der Waals surface area contributed by atoms with Crippen molar-refractivity contribution >= 4 is 32.2 Å². The first-order valence-corrected chi connectivity index (χ1v) is 9.87. The highest BCUT2D eigenvalue weighted by Crippen LogP contribution is 2.20. The number of sulfone groups is 1. The average molecular weight is 369 g/mol. The molecule has 0 unspecified atom stereocenters. The molecule has 0 spiro atoms. The molecule has 6 heteroatoms. The van der Waals surface area contributed by atoms with E-state index < -0.39 is 21.5 Å². The van der Waals surface area contributed by atoms with Crippen LogP contribution in [0.2, 0.25) is 0 Å². The number of amides is 1. The Hall–Kier alpha value is -2.86. The highest BCUT2D eigenvalue weighted by atomic mass is 32.2. The molecule has 1 N–H and O–H groups in total.